The maximum absolute atomic E-state index is 5.78. The first kappa shape index (κ1) is 14.5. The average Bonchev–Trinajstić information content (AvgIpc) is 2.21. The number of hydrogen-bond acceptors (Lipinski definition) is 3. The van der Waals surface area contributed by atoms with E-state index in [-0.39, 0.29) is 5.60 Å². The van der Waals surface area contributed by atoms with E-state index in [1.165, 1.54) is 0 Å². The molecule has 1 aromatic carbocycles. The fraction of sp³-hybridized carbons (Fsp3) is 0.538. The van der Waals surface area contributed by atoms with Crippen LogP contribution in [0.15, 0.2) is 22.7 Å². The number of rotatable bonds is 5. The van der Waals surface area contributed by atoms with Crippen molar-refractivity contribution in [1.29, 1.82) is 0 Å². The fourth-order valence-electron chi connectivity index (χ4n) is 1.28. The molecule has 2 N–H and O–H groups in total. The zero-order valence-corrected chi connectivity index (χ0v) is 12.2. The van der Waals surface area contributed by atoms with Crippen LogP contribution < -0.4 is 5.73 Å². The Bertz CT molecular complexity index is 361. The highest BCUT2D eigenvalue weighted by molar-refractivity contribution is 9.10. The lowest BCUT2D eigenvalue weighted by atomic mass is 10.2. The van der Waals surface area contributed by atoms with Crippen LogP contribution >= 0.6 is 15.9 Å². The van der Waals surface area contributed by atoms with Crippen molar-refractivity contribution in [3.05, 3.63) is 28.2 Å². The average molecular weight is 302 g/mol. The van der Waals surface area contributed by atoms with E-state index in [1.807, 2.05) is 39.0 Å². The summed E-state index contributed by atoms with van der Waals surface area (Å²) in [5.41, 5.74) is 7.48. The summed E-state index contributed by atoms with van der Waals surface area (Å²) in [5, 5.41) is 0. The van der Waals surface area contributed by atoms with Crippen LogP contribution in [-0.4, -0.2) is 18.8 Å². The lowest BCUT2D eigenvalue weighted by Gasteiger charge is -2.19. The molecule has 96 valence electrons. The molecule has 0 heterocycles. The second-order valence-corrected chi connectivity index (χ2v) is 5.72. The van der Waals surface area contributed by atoms with E-state index in [2.05, 4.69) is 15.9 Å². The van der Waals surface area contributed by atoms with Crippen molar-refractivity contribution >= 4 is 21.6 Å². The van der Waals surface area contributed by atoms with Gasteiger partial charge in [0.25, 0.3) is 0 Å². The molecule has 1 aromatic rings. The van der Waals surface area contributed by atoms with Gasteiger partial charge in [-0.3, -0.25) is 0 Å². The first-order valence-corrected chi connectivity index (χ1v) is 6.43. The van der Waals surface area contributed by atoms with E-state index in [0.29, 0.717) is 19.8 Å². The molecule has 0 aliphatic heterocycles. The Labute approximate surface area is 111 Å². The van der Waals surface area contributed by atoms with E-state index >= 15 is 0 Å². The molecule has 0 fully saturated rings. The Hall–Kier alpha value is -0.580. The standard InChI is InChI=1S/C13H20BrNO2/c1-13(2,3)17-7-6-16-9-10-4-5-11(14)12(15)8-10/h4-5,8H,6-7,9,15H2,1-3H3. The van der Waals surface area contributed by atoms with Crippen molar-refractivity contribution in [1.82, 2.24) is 0 Å². The summed E-state index contributed by atoms with van der Waals surface area (Å²) in [5.74, 6) is 0. The predicted molar refractivity (Wildman–Crippen MR) is 73.9 cm³/mol. The van der Waals surface area contributed by atoms with Gasteiger partial charge in [-0.2, -0.15) is 0 Å². The van der Waals surface area contributed by atoms with E-state index < -0.39 is 0 Å². The number of nitrogen functional groups attached to an aromatic ring is 1. The van der Waals surface area contributed by atoms with Gasteiger partial charge in [0, 0.05) is 10.2 Å². The Morgan fingerprint density at radius 2 is 1.94 bits per heavy atom. The van der Waals surface area contributed by atoms with Gasteiger partial charge in [-0.1, -0.05) is 6.07 Å². The minimum atomic E-state index is -0.106. The summed E-state index contributed by atoms with van der Waals surface area (Å²) in [6, 6.07) is 5.83. The van der Waals surface area contributed by atoms with E-state index in [9.17, 15) is 0 Å². The summed E-state index contributed by atoms with van der Waals surface area (Å²) in [6.07, 6.45) is 0. The zero-order valence-electron chi connectivity index (χ0n) is 10.6. The zero-order chi connectivity index (χ0) is 12.9. The molecule has 0 amide bonds. The van der Waals surface area contributed by atoms with Crippen LogP contribution in [0, 0.1) is 0 Å². The molecule has 3 nitrogen and oxygen atoms in total. The Morgan fingerprint density at radius 3 is 2.53 bits per heavy atom. The van der Waals surface area contributed by atoms with E-state index in [1.54, 1.807) is 0 Å². The molecule has 0 saturated carbocycles. The second kappa shape index (κ2) is 6.38. The van der Waals surface area contributed by atoms with Crippen LogP contribution in [0.1, 0.15) is 26.3 Å². The topological polar surface area (TPSA) is 44.5 Å². The first-order chi connectivity index (χ1) is 7.88. The van der Waals surface area contributed by atoms with Crippen LogP contribution in [0.2, 0.25) is 0 Å². The fourth-order valence-corrected chi connectivity index (χ4v) is 1.53. The molecular weight excluding hydrogens is 282 g/mol. The molecule has 0 unspecified atom stereocenters. The highest BCUT2D eigenvalue weighted by Crippen LogP contribution is 2.20. The van der Waals surface area contributed by atoms with E-state index in [0.717, 1.165) is 15.7 Å². The minimum Gasteiger partial charge on any atom is -0.398 e. The normalized spacial score (nSPS) is 11.8. The molecular formula is C13H20BrNO2. The molecule has 17 heavy (non-hydrogen) atoms. The summed E-state index contributed by atoms with van der Waals surface area (Å²) in [6.45, 7) is 7.85. The van der Waals surface area contributed by atoms with Gasteiger partial charge in [-0.15, -0.1) is 0 Å². The van der Waals surface area contributed by atoms with Crippen molar-refractivity contribution in [2.24, 2.45) is 0 Å². The second-order valence-electron chi connectivity index (χ2n) is 4.87. The molecule has 0 spiro atoms. The smallest absolute Gasteiger partial charge is 0.0718 e. The van der Waals surface area contributed by atoms with Gasteiger partial charge < -0.3 is 15.2 Å². The third-order valence-corrected chi connectivity index (χ3v) is 2.81. The molecule has 0 bridgehead atoms. The summed E-state index contributed by atoms with van der Waals surface area (Å²) in [4.78, 5) is 0. The highest BCUT2D eigenvalue weighted by Gasteiger charge is 2.08. The van der Waals surface area contributed by atoms with Gasteiger partial charge >= 0.3 is 0 Å². The maximum atomic E-state index is 5.78. The first-order valence-electron chi connectivity index (χ1n) is 5.64. The van der Waals surface area contributed by atoms with Crippen LogP contribution in [0.3, 0.4) is 0 Å². The summed E-state index contributed by atoms with van der Waals surface area (Å²) >= 11 is 3.36. The van der Waals surface area contributed by atoms with E-state index in [4.69, 9.17) is 15.2 Å². The van der Waals surface area contributed by atoms with Gasteiger partial charge in [-0.25, -0.2) is 0 Å². The lowest BCUT2D eigenvalue weighted by Crippen LogP contribution is -2.21. The summed E-state index contributed by atoms with van der Waals surface area (Å²) in [7, 11) is 0. The number of anilines is 1. The van der Waals surface area contributed by atoms with Crippen molar-refractivity contribution in [2.45, 2.75) is 33.0 Å². The number of halogens is 1. The molecule has 0 aliphatic rings. The largest absolute Gasteiger partial charge is 0.398 e. The van der Waals surface area contributed by atoms with Crippen LogP contribution in [0.25, 0.3) is 0 Å². The third-order valence-electron chi connectivity index (χ3n) is 2.09. The monoisotopic (exact) mass is 301 g/mol. The molecule has 1 rings (SSSR count). The molecule has 0 aromatic heterocycles. The number of nitrogens with two attached hydrogens (primary N) is 1. The van der Waals surface area contributed by atoms with Crippen molar-refractivity contribution in [2.75, 3.05) is 18.9 Å². The number of hydrogen-bond donors (Lipinski definition) is 1. The van der Waals surface area contributed by atoms with Crippen LogP contribution in [0.4, 0.5) is 5.69 Å². The predicted octanol–water partition coefficient (Wildman–Crippen LogP) is 3.36. The van der Waals surface area contributed by atoms with Gasteiger partial charge in [0.05, 0.1) is 25.4 Å². The Kier molecular flexibility index (Phi) is 5.43. The van der Waals surface area contributed by atoms with Crippen molar-refractivity contribution in [3.8, 4) is 0 Å². The third kappa shape index (κ3) is 6.05. The van der Waals surface area contributed by atoms with Gasteiger partial charge in [0.15, 0.2) is 0 Å². The molecule has 0 aliphatic carbocycles. The van der Waals surface area contributed by atoms with Gasteiger partial charge in [-0.05, 0) is 54.4 Å². The molecule has 0 atom stereocenters. The highest BCUT2D eigenvalue weighted by atomic mass is 79.9. The van der Waals surface area contributed by atoms with Crippen molar-refractivity contribution < 1.29 is 9.47 Å². The lowest BCUT2D eigenvalue weighted by molar-refractivity contribution is -0.0376. The number of benzene rings is 1. The quantitative estimate of drug-likeness (QED) is 0.670. The van der Waals surface area contributed by atoms with Crippen molar-refractivity contribution in [3.63, 3.8) is 0 Å². The number of ether oxygens (including phenoxy) is 2. The minimum absolute atomic E-state index is 0.106. The molecule has 0 radical (unpaired) electrons. The SMILES string of the molecule is CC(C)(C)OCCOCc1ccc(Br)c(N)c1. The van der Waals surface area contributed by atoms with Crippen LogP contribution in [0.5, 0.6) is 0 Å². The van der Waals surface area contributed by atoms with Gasteiger partial charge in [0.2, 0.25) is 0 Å². The molecule has 4 heteroatoms. The van der Waals surface area contributed by atoms with Crippen LogP contribution in [-0.2, 0) is 16.1 Å². The summed E-state index contributed by atoms with van der Waals surface area (Å²) < 4.78 is 12.0. The Balaban J connectivity index is 2.25. The maximum Gasteiger partial charge on any atom is 0.0718 e. The Morgan fingerprint density at radius 1 is 1.24 bits per heavy atom. The van der Waals surface area contributed by atoms with Gasteiger partial charge in [0.1, 0.15) is 0 Å². The molecule has 0 saturated heterocycles.